The van der Waals surface area contributed by atoms with E-state index in [-0.39, 0.29) is 5.91 Å². The molecule has 2 fully saturated rings. The molecule has 2 unspecified atom stereocenters. The van der Waals surface area contributed by atoms with Crippen molar-refractivity contribution in [1.82, 2.24) is 14.7 Å². The van der Waals surface area contributed by atoms with Gasteiger partial charge in [0, 0.05) is 64.3 Å². The number of aryl methyl sites for hydroxylation is 1. The summed E-state index contributed by atoms with van der Waals surface area (Å²) in [5, 5.41) is 0. The molecule has 2 aliphatic heterocycles. The van der Waals surface area contributed by atoms with Crippen molar-refractivity contribution in [2.24, 2.45) is 5.92 Å². The molecule has 0 saturated carbocycles. The van der Waals surface area contributed by atoms with Gasteiger partial charge < -0.3 is 9.64 Å². The molecule has 0 radical (unpaired) electrons. The Labute approximate surface area is 151 Å². The molecule has 0 bridgehead atoms. The number of amides is 1. The molecule has 2 atom stereocenters. The molecule has 2 aliphatic rings. The van der Waals surface area contributed by atoms with E-state index in [4.69, 9.17) is 4.74 Å². The first-order valence-corrected chi connectivity index (χ1v) is 9.33. The number of hydrogen-bond acceptors (Lipinski definition) is 4. The number of hydrogen-bond donors (Lipinski definition) is 0. The van der Waals surface area contributed by atoms with Gasteiger partial charge in [-0.25, -0.2) is 0 Å². The molecule has 2 saturated heterocycles. The third-order valence-electron chi connectivity index (χ3n) is 5.71. The molecular weight excluding hydrogens is 314 g/mol. The Bertz CT molecular complexity index is 611. The van der Waals surface area contributed by atoms with Crippen LogP contribution in [0.25, 0.3) is 0 Å². The summed E-state index contributed by atoms with van der Waals surface area (Å²) in [7, 11) is 1.75. The number of methoxy groups -OCH3 is 1. The second-order valence-corrected chi connectivity index (χ2v) is 7.60. The molecule has 1 aromatic carbocycles. The Kier molecular flexibility index (Phi) is 5.64. The summed E-state index contributed by atoms with van der Waals surface area (Å²) in [6.07, 6.45) is 0. The van der Waals surface area contributed by atoms with Crippen LogP contribution in [0, 0.1) is 12.8 Å². The minimum absolute atomic E-state index is 0.201. The molecule has 0 spiro atoms. The summed E-state index contributed by atoms with van der Waals surface area (Å²) in [5.74, 6) is 1.84. The van der Waals surface area contributed by atoms with Gasteiger partial charge in [0.1, 0.15) is 5.75 Å². The Hall–Kier alpha value is -1.59. The first kappa shape index (κ1) is 18.2. The topological polar surface area (TPSA) is 36.0 Å². The summed E-state index contributed by atoms with van der Waals surface area (Å²) in [6, 6.07) is 7.00. The number of nitrogens with zero attached hydrogens (tertiary/aromatic N) is 3. The third-order valence-corrected chi connectivity index (χ3v) is 5.71. The molecule has 3 rings (SSSR count). The van der Waals surface area contributed by atoms with Crippen LogP contribution in [0.5, 0.6) is 5.75 Å². The molecule has 25 heavy (non-hydrogen) atoms. The zero-order chi connectivity index (χ0) is 18.0. The van der Waals surface area contributed by atoms with Crippen LogP contribution < -0.4 is 4.74 Å². The van der Waals surface area contributed by atoms with Crippen LogP contribution in [-0.2, 0) is 11.3 Å². The van der Waals surface area contributed by atoms with Gasteiger partial charge in [-0.3, -0.25) is 14.6 Å². The SMILES string of the molecule is COc1ccc(C)cc1CN1CC(C)C(N2CCN(C(C)=O)CC2)C1. The number of likely N-dealkylation sites (tertiary alicyclic amines) is 1. The van der Waals surface area contributed by atoms with Crippen LogP contribution in [0.4, 0.5) is 0 Å². The molecule has 0 aliphatic carbocycles. The quantitative estimate of drug-likeness (QED) is 0.836. The number of ether oxygens (including phenoxy) is 1. The lowest BCUT2D eigenvalue weighted by molar-refractivity contribution is -0.130. The summed E-state index contributed by atoms with van der Waals surface area (Å²) >= 11 is 0. The fourth-order valence-electron chi connectivity index (χ4n) is 4.29. The first-order chi connectivity index (χ1) is 12.0. The van der Waals surface area contributed by atoms with Crippen LogP contribution in [0.3, 0.4) is 0 Å². The highest BCUT2D eigenvalue weighted by atomic mass is 16.5. The third kappa shape index (κ3) is 4.15. The Morgan fingerprint density at radius 1 is 1.20 bits per heavy atom. The predicted molar refractivity (Wildman–Crippen MR) is 99.8 cm³/mol. The smallest absolute Gasteiger partial charge is 0.219 e. The maximum Gasteiger partial charge on any atom is 0.219 e. The zero-order valence-corrected chi connectivity index (χ0v) is 16.0. The van der Waals surface area contributed by atoms with E-state index in [2.05, 4.69) is 41.8 Å². The molecule has 0 N–H and O–H groups in total. The van der Waals surface area contributed by atoms with E-state index in [1.54, 1.807) is 14.0 Å². The maximum absolute atomic E-state index is 11.5. The van der Waals surface area contributed by atoms with Gasteiger partial charge in [0.15, 0.2) is 0 Å². The van der Waals surface area contributed by atoms with Gasteiger partial charge in [-0.05, 0) is 18.9 Å². The molecule has 138 valence electrons. The highest BCUT2D eigenvalue weighted by molar-refractivity contribution is 5.73. The standard InChI is InChI=1S/C20H31N3O2/c1-15-5-6-20(25-4)18(11-15)13-21-12-16(2)19(14-21)23-9-7-22(8-10-23)17(3)24/h5-6,11,16,19H,7-10,12-14H2,1-4H3. The van der Waals surface area contributed by atoms with Crippen molar-refractivity contribution in [3.8, 4) is 5.75 Å². The van der Waals surface area contributed by atoms with Crippen LogP contribution >= 0.6 is 0 Å². The second-order valence-electron chi connectivity index (χ2n) is 7.60. The van der Waals surface area contributed by atoms with E-state index in [0.29, 0.717) is 12.0 Å². The van der Waals surface area contributed by atoms with Crippen molar-refractivity contribution in [2.45, 2.75) is 33.4 Å². The van der Waals surface area contributed by atoms with Crippen LogP contribution in [0.1, 0.15) is 25.0 Å². The highest BCUT2D eigenvalue weighted by Gasteiger charge is 2.35. The van der Waals surface area contributed by atoms with E-state index in [1.165, 1.54) is 11.1 Å². The fourth-order valence-corrected chi connectivity index (χ4v) is 4.29. The molecule has 5 nitrogen and oxygen atoms in total. The van der Waals surface area contributed by atoms with E-state index < -0.39 is 0 Å². The van der Waals surface area contributed by atoms with E-state index in [0.717, 1.165) is 51.6 Å². The summed E-state index contributed by atoms with van der Waals surface area (Å²) in [5.41, 5.74) is 2.55. The fraction of sp³-hybridized carbons (Fsp3) is 0.650. The largest absolute Gasteiger partial charge is 0.496 e. The average molecular weight is 345 g/mol. The van der Waals surface area contributed by atoms with Crippen LogP contribution in [-0.4, -0.2) is 73.0 Å². The van der Waals surface area contributed by atoms with Crippen LogP contribution in [0.15, 0.2) is 18.2 Å². The Balaban J connectivity index is 1.60. The lowest BCUT2D eigenvalue weighted by Crippen LogP contribution is -2.53. The van der Waals surface area contributed by atoms with Gasteiger partial charge in [-0.2, -0.15) is 0 Å². The summed E-state index contributed by atoms with van der Waals surface area (Å²) < 4.78 is 5.54. The van der Waals surface area contributed by atoms with Crippen molar-refractivity contribution < 1.29 is 9.53 Å². The Morgan fingerprint density at radius 2 is 1.92 bits per heavy atom. The Morgan fingerprint density at radius 3 is 2.56 bits per heavy atom. The molecule has 1 amide bonds. The normalized spacial score (nSPS) is 25.4. The zero-order valence-electron chi connectivity index (χ0n) is 16.0. The van der Waals surface area contributed by atoms with Crippen molar-refractivity contribution in [2.75, 3.05) is 46.4 Å². The van der Waals surface area contributed by atoms with Gasteiger partial charge >= 0.3 is 0 Å². The minimum Gasteiger partial charge on any atom is -0.496 e. The van der Waals surface area contributed by atoms with Gasteiger partial charge in [-0.15, -0.1) is 0 Å². The summed E-state index contributed by atoms with van der Waals surface area (Å²) in [6.45, 7) is 13.0. The molecule has 1 aromatic rings. The number of carbonyl (C=O) groups excluding carboxylic acids is 1. The molecule has 0 aromatic heterocycles. The van der Waals surface area contributed by atoms with Crippen molar-refractivity contribution >= 4 is 5.91 Å². The molecule has 2 heterocycles. The first-order valence-electron chi connectivity index (χ1n) is 9.33. The highest BCUT2D eigenvalue weighted by Crippen LogP contribution is 2.27. The number of piperazine rings is 1. The maximum atomic E-state index is 11.5. The molecular formula is C20H31N3O2. The number of rotatable bonds is 4. The summed E-state index contributed by atoms with van der Waals surface area (Å²) in [4.78, 5) is 18.6. The van der Waals surface area contributed by atoms with E-state index in [1.807, 2.05) is 4.90 Å². The lowest BCUT2D eigenvalue weighted by atomic mass is 10.0. The average Bonchev–Trinajstić information content (AvgIpc) is 2.95. The van der Waals surface area contributed by atoms with Gasteiger partial charge in [0.05, 0.1) is 7.11 Å². The predicted octanol–water partition coefficient (Wildman–Crippen LogP) is 1.99. The van der Waals surface area contributed by atoms with Gasteiger partial charge in [0.25, 0.3) is 0 Å². The van der Waals surface area contributed by atoms with E-state index in [9.17, 15) is 4.79 Å². The van der Waals surface area contributed by atoms with Crippen molar-refractivity contribution in [3.63, 3.8) is 0 Å². The van der Waals surface area contributed by atoms with Crippen molar-refractivity contribution in [3.05, 3.63) is 29.3 Å². The molecule has 5 heteroatoms. The van der Waals surface area contributed by atoms with Crippen LogP contribution in [0.2, 0.25) is 0 Å². The minimum atomic E-state index is 0.201. The lowest BCUT2D eigenvalue weighted by Gasteiger charge is -2.39. The second kappa shape index (κ2) is 7.75. The van der Waals surface area contributed by atoms with Gasteiger partial charge in [0.2, 0.25) is 5.91 Å². The number of carbonyl (C=O) groups is 1. The van der Waals surface area contributed by atoms with E-state index >= 15 is 0 Å². The monoisotopic (exact) mass is 345 g/mol. The van der Waals surface area contributed by atoms with Gasteiger partial charge in [-0.1, -0.05) is 24.6 Å². The van der Waals surface area contributed by atoms with Crippen molar-refractivity contribution in [1.29, 1.82) is 0 Å². The number of benzene rings is 1.